The molecule has 2 unspecified atom stereocenters. The van der Waals surface area contributed by atoms with Crippen LogP contribution >= 0.6 is 0 Å². The molecule has 1 heterocycles. The lowest BCUT2D eigenvalue weighted by Gasteiger charge is -2.26. The van der Waals surface area contributed by atoms with Crippen molar-refractivity contribution in [3.05, 3.63) is 0 Å². The third-order valence-corrected chi connectivity index (χ3v) is 2.87. The molecule has 2 aliphatic rings. The van der Waals surface area contributed by atoms with E-state index < -0.39 is 17.1 Å². The van der Waals surface area contributed by atoms with E-state index in [1.54, 1.807) is 20.8 Å². The molecule has 0 N–H and O–H groups in total. The van der Waals surface area contributed by atoms with Crippen molar-refractivity contribution in [2.24, 2.45) is 5.41 Å². The van der Waals surface area contributed by atoms with Crippen molar-refractivity contribution in [1.82, 2.24) is 0 Å². The molecule has 1 saturated heterocycles. The third-order valence-electron chi connectivity index (χ3n) is 2.87. The molecule has 1 aliphatic heterocycles. The van der Waals surface area contributed by atoms with Crippen molar-refractivity contribution in [3.63, 3.8) is 0 Å². The summed E-state index contributed by atoms with van der Waals surface area (Å²) in [5, 5.41) is 0. The van der Waals surface area contributed by atoms with E-state index in [1.165, 1.54) is 0 Å². The molecule has 66 valence electrons. The number of rotatable bonds is 0. The predicted octanol–water partition coefficient (Wildman–Crippen LogP) is 0.712. The first kappa shape index (κ1) is 7.92. The first-order valence-corrected chi connectivity index (χ1v) is 4.13. The van der Waals surface area contributed by atoms with Crippen LogP contribution in [-0.2, 0) is 14.3 Å². The van der Waals surface area contributed by atoms with Crippen LogP contribution in [0.1, 0.15) is 27.2 Å². The van der Waals surface area contributed by atoms with Gasteiger partial charge in [-0.05, 0) is 6.92 Å². The number of epoxide rings is 1. The molecule has 1 saturated carbocycles. The van der Waals surface area contributed by atoms with E-state index >= 15 is 0 Å². The van der Waals surface area contributed by atoms with Gasteiger partial charge in [-0.3, -0.25) is 9.59 Å². The highest BCUT2D eigenvalue weighted by atomic mass is 16.6. The fourth-order valence-corrected chi connectivity index (χ4v) is 1.75. The average molecular weight is 168 g/mol. The van der Waals surface area contributed by atoms with Gasteiger partial charge < -0.3 is 4.74 Å². The van der Waals surface area contributed by atoms with Crippen LogP contribution in [0.3, 0.4) is 0 Å². The minimum Gasteiger partial charge on any atom is -0.350 e. The number of ketones is 2. The van der Waals surface area contributed by atoms with E-state index in [0.29, 0.717) is 6.42 Å². The Morgan fingerprint density at radius 1 is 1.33 bits per heavy atom. The second-order valence-corrected chi connectivity index (χ2v) is 4.45. The number of carbonyl (C=O) groups excluding carboxylic acids is 2. The summed E-state index contributed by atoms with van der Waals surface area (Å²) in [7, 11) is 0. The SMILES string of the molecule is CC1(C)CC(=O)C2(C)OC2C1=O. The molecule has 0 aromatic rings. The van der Waals surface area contributed by atoms with Crippen molar-refractivity contribution in [3.8, 4) is 0 Å². The second kappa shape index (κ2) is 1.79. The summed E-state index contributed by atoms with van der Waals surface area (Å²) in [4.78, 5) is 23.0. The van der Waals surface area contributed by atoms with Crippen LogP contribution in [0.5, 0.6) is 0 Å². The van der Waals surface area contributed by atoms with Crippen LogP contribution in [0, 0.1) is 5.41 Å². The van der Waals surface area contributed by atoms with E-state index in [2.05, 4.69) is 0 Å². The highest BCUT2D eigenvalue weighted by molar-refractivity contribution is 6.08. The van der Waals surface area contributed by atoms with Crippen LogP contribution in [0.2, 0.25) is 0 Å². The van der Waals surface area contributed by atoms with Gasteiger partial charge in [0.2, 0.25) is 0 Å². The van der Waals surface area contributed by atoms with Crippen molar-refractivity contribution in [2.45, 2.75) is 38.9 Å². The standard InChI is InChI=1S/C9H12O3/c1-8(2)4-5(10)9(3)7(12-9)6(8)11/h7H,4H2,1-3H3. The molecule has 2 rings (SSSR count). The highest BCUT2D eigenvalue weighted by Crippen LogP contribution is 2.48. The second-order valence-electron chi connectivity index (χ2n) is 4.45. The van der Waals surface area contributed by atoms with Crippen molar-refractivity contribution in [1.29, 1.82) is 0 Å². The zero-order valence-corrected chi connectivity index (χ0v) is 7.51. The van der Waals surface area contributed by atoms with Gasteiger partial charge in [0.15, 0.2) is 23.3 Å². The van der Waals surface area contributed by atoms with Gasteiger partial charge in [-0.15, -0.1) is 0 Å². The smallest absolute Gasteiger partial charge is 0.171 e. The van der Waals surface area contributed by atoms with Gasteiger partial charge in [0, 0.05) is 11.8 Å². The molecule has 0 aromatic heterocycles. The molecule has 3 heteroatoms. The summed E-state index contributed by atoms with van der Waals surface area (Å²) in [5.74, 6) is 0.140. The third kappa shape index (κ3) is 0.746. The predicted molar refractivity (Wildman–Crippen MR) is 41.7 cm³/mol. The van der Waals surface area contributed by atoms with Gasteiger partial charge in [0.05, 0.1) is 0 Å². The summed E-state index contributed by atoms with van der Waals surface area (Å²) in [5.41, 5.74) is -1.27. The van der Waals surface area contributed by atoms with E-state index in [9.17, 15) is 9.59 Å². The monoisotopic (exact) mass is 168 g/mol. The Kier molecular flexibility index (Phi) is 1.18. The molecule has 3 nitrogen and oxygen atoms in total. The number of fused-ring (bicyclic) bond motifs is 1. The molecule has 12 heavy (non-hydrogen) atoms. The maximum Gasteiger partial charge on any atom is 0.171 e. The molecule has 0 spiro atoms. The number of hydrogen-bond donors (Lipinski definition) is 0. The largest absolute Gasteiger partial charge is 0.350 e. The lowest BCUT2D eigenvalue weighted by Crippen LogP contribution is -2.43. The Bertz CT molecular complexity index is 279. The van der Waals surface area contributed by atoms with Crippen LogP contribution in [0.15, 0.2) is 0 Å². The lowest BCUT2D eigenvalue weighted by molar-refractivity contribution is -0.136. The molecule has 0 amide bonds. The van der Waals surface area contributed by atoms with E-state index in [1.807, 2.05) is 0 Å². The van der Waals surface area contributed by atoms with Crippen LogP contribution in [0.25, 0.3) is 0 Å². The molecule has 2 fully saturated rings. The Labute approximate surface area is 71.1 Å². The number of ether oxygens (including phenoxy) is 1. The molecular formula is C9H12O3. The van der Waals surface area contributed by atoms with Crippen LogP contribution < -0.4 is 0 Å². The van der Waals surface area contributed by atoms with Crippen molar-refractivity contribution >= 4 is 11.6 Å². The molecule has 2 atom stereocenters. The Morgan fingerprint density at radius 2 is 1.92 bits per heavy atom. The lowest BCUT2D eigenvalue weighted by atomic mass is 9.72. The maximum absolute atomic E-state index is 11.6. The van der Waals surface area contributed by atoms with Crippen molar-refractivity contribution < 1.29 is 14.3 Å². The number of hydrogen-bond acceptors (Lipinski definition) is 3. The Balaban J connectivity index is 2.34. The summed E-state index contributed by atoms with van der Waals surface area (Å²) < 4.78 is 5.13. The van der Waals surface area contributed by atoms with E-state index in [-0.39, 0.29) is 11.6 Å². The fourth-order valence-electron chi connectivity index (χ4n) is 1.75. The molecule has 0 radical (unpaired) electrons. The van der Waals surface area contributed by atoms with Gasteiger partial charge in [0.1, 0.15) is 0 Å². The van der Waals surface area contributed by atoms with Gasteiger partial charge in [-0.2, -0.15) is 0 Å². The number of Topliss-reactive ketones (excluding diaryl/α,β-unsaturated/α-hetero) is 2. The van der Waals surface area contributed by atoms with Crippen molar-refractivity contribution in [2.75, 3.05) is 0 Å². The summed E-state index contributed by atoms with van der Waals surface area (Å²) in [6.07, 6.45) is -0.132. The van der Waals surface area contributed by atoms with E-state index in [4.69, 9.17) is 4.74 Å². The van der Waals surface area contributed by atoms with E-state index in [0.717, 1.165) is 0 Å². The Hall–Kier alpha value is -0.700. The van der Waals surface area contributed by atoms with Crippen LogP contribution in [0.4, 0.5) is 0 Å². The quantitative estimate of drug-likeness (QED) is 0.500. The van der Waals surface area contributed by atoms with Gasteiger partial charge >= 0.3 is 0 Å². The van der Waals surface area contributed by atoms with Gasteiger partial charge in [-0.25, -0.2) is 0 Å². The molecule has 0 aromatic carbocycles. The molecule has 0 bridgehead atoms. The first-order valence-electron chi connectivity index (χ1n) is 4.13. The van der Waals surface area contributed by atoms with Gasteiger partial charge in [0.25, 0.3) is 0 Å². The summed E-state index contributed by atoms with van der Waals surface area (Å²) >= 11 is 0. The highest BCUT2D eigenvalue weighted by Gasteiger charge is 2.68. The summed E-state index contributed by atoms with van der Waals surface area (Å²) in [6.45, 7) is 5.30. The minimum absolute atomic E-state index is 0.0668. The topological polar surface area (TPSA) is 46.7 Å². The fraction of sp³-hybridized carbons (Fsp3) is 0.778. The average Bonchev–Trinajstić information content (AvgIpc) is 2.60. The number of carbonyl (C=O) groups is 2. The van der Waals surface area contributed by atoms with Crippen LogP contribution in [-0.4, -0.2) is 23.3 Å². The molecule has 1 aliphatic carbocycles. The Morgan fingerprint density at radius 3 is 2.50 bits per heavy atom. The minimum atomic E-state index is -0.757. The summed E-state index contributed by atoms with van der Waals surface area (Å²) in [6, 6.07) is 0. The van der Waals surface area contributed by atoms with Gasteiger partial charge in [-0.1, -0.05) is 13.8 Å². The zero-order chi connectivity index (χ0) is 9.15. The first-order chi connectivity index (χ1) is 5.38. The molecular weight excluding hydrogens is 156 g/mol. The normalized spacial score (nSPS) is 44.1. The zero-order valence-electron chi connectivity index (χ0n) is 7.51. The maximum atomic E-state index is 11.6.